The van der Waals surface area contributed by atoms with Gasteiger partial charge in [0, 0.05) is 62.9 Å². The molecule has 10 aromatic rings. The summed E-state index contributed by atoms with van der Waals surface area (Å²) in [6.45, 7) is 22.1. The smallest absolute Gasteiger partial charge is 0.252 e. The van der Waals surface area contributed by atoms with Crippen molar-refractivity contribution in [2.75, 3.05) is 23.0 Å². The molecule has 3 aliphatic heterocycles. The van der Waals surface area contributed by atoms with Crippen molar-refractivity contribution >= 4 is 68.2 Å². The van der Waals surface area contributed by atoms with Crippen molar-refractivity contribution in [2.24, 2.45) is 0 Å². The standard InChI is InChI=1S/C71H63BN2O3/c1-43-32-62-68-63(33-43)74(61-42-67-66(75-30-17-31-76-67)41-54(61)44-18-11-10-12-19-44)60-29-26-50(70(5,6)7)40-58(60)72(68)57-39-49(69(2,3)4)25-28-59(57)73(62)51-35-47(34-48(36-51)65-38-46-20-13-16-23-64(46)77-65)45-24-27-53-52-21-14-15-22-55(52)71(8,9)56(53)37-45/h10-16,18-29,32-42H,17,30-31H2,1-9H3. The second-order valence-corrected chi connectivity index (χ2v) is 24.4. The Hall–Kier alpha value is -8.22. The highest BCUT2D eigenvalue weighted by atomic mass is 16.5. The molecular weight excluding hydrogens is 940 g/mol. The van der Waals surface area contributed by atoms with Gasteiger partial charge < -0.3 is 23.7 Å². The summed E-state index contributed by atoms with van der Waals surface area (Å²) in [7, 11) is 0. The molecule has 0 amide bonds. The molecule has 4 aliphatic rings. The summed E-state index contributed by atoms with van der Waals surface area (Å²) in [6.07, 6.45) is 0.823. The zero-order valence-electron chi connectivity index (χ0n) is 45.6. The average molecular weight is 1000 g/mol. The Bertz CT molecular complexity index is 4030. The van der Waals surface area contributed by atoms with Gasteiger partial charge in [-0.15, -0.1) is 0 Å². The number of nitrogens with zero attached hydrogens (tertiary/aromatic N) is 2. The Morgan fingerprint density at radius 2 is 1.09 bits per heavy atom. The Morgan fingerprint density at radius 1 is 0.468 bits per heavy atom. The van der Waals surface area contributed by atoms with Gasteiger partial charge in [0.05, 0.1) is 18.9 Å². The fraction of sp³-hybridized carbons (Fsp3) is 0.211. The summed E-state index contributed by atoms with van der Waals surface area (Å²) in [4.78, 5) is 5.11. The SMILES string of the molecule is Cc1cc2c3c(c1)N(c1cc4c(cc1-c1ccccc1)OCCCO4)c1ccc(C(C)(C)C)cc1B3c1cc(C(C)(C)C)ccc1N2c1cc(-c2ccc3c(c2)C(C)(C)c2ccccc2-3)cc(-c2cc3ccccc3o2)c1. The highest BCUT2D eigenvalue weighted by Crippen LogP contribution is 2.53. The molecular formula is C71H63BN2O3. The quantitative estimate of drug-likeness (QED) is 0.161. The number of para-hydroxylation sites is 1. The van der Waals surface area contributed by atoms with Gasteiger partial charge in [0.25, 0.3) is 6.71 Å². The number of hydrogen-bond acceptors (Lipinski definition) is 5. The molecule has 6 heteroatoms. The third-order valence-electron chi connectivity index (χ3n) is 16.9. The summed E-state index contributed by atoms with van der Waals surface area (Å²) in [5.74, 6) is 2.38. The first-order chi connectivity index (χ1) is 37.1. The van der Waals surface area contributed by atoms with Crippen LogP contribution in [0.5, 0.6) is 11.5 Å². The van der Waals surface area contributed by atoms with Crippen molar-refractivity contribution in [3.05, 3.63) is 210 Å². The van der Waals surface area contributed by atoms with Gasteiger partial charge in [0.2, 0.25) is 0 Å². The number of furan rings is 1. The summed E-state index contributed by atoms with van der Waals surface area (Å²) >= 11 is 0. The lowest BCUT2D eigenvalue weighted by Gasteiger charge is -2.45. The zero-order chi connectivity index (χ0) is 52.7. The minimum atomic E-state index is -0.154. The number of fused-ring (bicyclic) bond motifs is 9. The summed E-state index contributed by atoms with van der Waals surface area (Å²) in [5.41, 5.74) is 25.8. The van der Waals surface area contributed by atoms with Crippen molar-refractivity contribution < 1.29 is 13.9 Å². The molecule has 0 fully saturated rings. The van der Waals surface area contributed by atoms with Crippen LogP contribution in [0.15, 0.2) is 186 Å². The number of ether oxygens (including phenoxy) is 2. The van der Waals surface area contributed by atoms with Crippen molar-refractivity contribution in [3.8, 4) is 56.2 Å². The van der Waals surface area contributed by atoms with E-state index in [4.69, 9.17) is 13.9 Å². The molecule has 0 saturated heterocycles. The molecule has 5 nitrogen and oxygen atoms in total. The van der Waals surface area contributed by atoms with Crippen molar-refractivity contribution in [2.45, 2.75) is 85.0 Å². The summed E-state index contributed by atoms with van der Waals surface area (Å²) in [5, 5.41) is 1.08. The third kappa shape index (κ3) is 7.58. The minimum absolute atomic E-state index is 0.0816. The van der Waals surface area contributed by atoms with Crippen LogP contribution < -0.4 is 35.7 Å². The minimum Gasteiger partial charge on any atom is -0.490 e. The molecule has 0 bridgehead atoms. The van der Waals surface area contributed by atoms with E-state index in [1.165, 1.54) is 66.6 Å². The first-order valence-corrected chi connectivity index (χ1v) is 27.5. The van der Waals surface area contributed by atoms with Crippen LogP contribution in [-0.2, 0) is 16.2 Å². The maximum absolute atomic E-state index is 6.80. The zero-order valence-corrected chi connectivity index (χ0v) is 45.6. The topological polar surface area (TPSA) is 38.1 Å². The number of rotatable bonds is 5. The Kier molecular flexibility index (Phi) is 10.5. The van der Waals surface area contributed by atoms with E-state index in [1.54, 1.807) is 0 Å². The predicted octanol–water partition coefficient (Wildman–Crippen LogP) is 16.9. The molecule has 0 radical (unpaired) electrons. The fourth-order valence-electron chi connectivity index (χ4n) is 12.9. The maximum Gasteiger partial charge on any atom is 0.252 e. The van der Waals surface area contributed by atoms with Crippen molar-refractivity contribution in [1.82, 2.24) is 0 Å². The second-order valence-electron chi connectivity index (χ2n) is 24.4. The van der Waals surface area contributed by atoms with Gasteiger partial charge >= 0.3 is 0 Å². The van der Waals surface area contributed by atoms with Gasteiger partial charge in [-0.25, -0.2) is 0 Å². The average Bonchev–Trinajstić information content (AvgIpc) is 3.86. The van der Waals surface area contributed by atoms with Crippen LogP contribution in [0.25, 0.3) is 55.7 Å². The molecule has 378 valence electrons. The molecule has 14 rings (SSSR count). The van der Waals surface area contributed by atoms with Crippen LogP contribution in [0.2, 0.25) is 0 Å². The second kappa shape index (κ2) is 17.1. The Morgan fingerprint density at radius 3 is 1.81 bits per heavy atom. The molecule has 9 aromatic carbocycles. The molecule has 1 aliphatic carbocycles. The van der Waals surface area contributed by atoms with Gasteiger partial charge in [-0.05, 0) is 157 Å². The molecule has 77 heavy (non-hydrogen) atoms. The van der Waals surface area contributed by atoms with Gasteiger partial charge in [-0.1, -0.05) is 165 Å². The normalized spacial score (nSPS) is 14.9. The van der Waals surface area contributed by atoms with E-state index in [2.05, 4.69) is 254 Å². The fourth-order valence-corrected chi connectivity index (χ4v) is 12.9. The Balaban J connectivity index is 1.06. The maximum atomic E-state index is 6.80. The van der Waals surface area contributed by atoms with E-state index >= 15 is 0 Å². The van der Waals surface area contributed by atoms with E-state index in [0.717, 1.165) is 85.3 Å². The first-order valence-electron chi connectivity index (χ1n) is 27.5. The van der Waals surface area contributed by atoms with E-state index < -0.39 is 0 Å². The van der Waals surface area contributed by atoms with Crippen molar-refractivity contribution in [1.29, 1.82) is 0 Å². The first kappa shape index (κ1) is 47.3. The van der Waals surface area contributed by atoms with Crippen LogP contribution >= 0.6 is 0 Å². The number of anilines is 6. The molecule has 4 heterocycles. The van der Waals surface area contributed by atoms with E-state index in [0.29, 0.717) is 13.2 Å². The summed E-state index contributed by atoms with van der Waals surface area (Å²) < 4.78 is 19.8. The van der Waals surface area contributed by atoms with Gasteiger partial charge in [0.15, 0.2) is 11.5 Å². The molecule has 0 saturated carbocycles. The molecule has 0 spiro atoms. The van der Waals surface area contributed by atoms with Gasteiger partial charge in [-0.2, -0.15) is 0 Å². The van der Waals surface area contributed by atoms with Crippen LogP contribution in [-0.4, -0.2) is 19.9 Å². The van der Waals surface area contributed by atoms with Crippen molar-refractivity contribution in [3.63, 3.8) is 0 Å². The number of benzene rings is 9. The lowest BCUT2D eigenvalue weighted by atomic mass is 9.33. The van der Waals surface area contributed by atoms with Crippen LogP contribution in [0.4, 0.5) is 34.1 Å². The van der Waals surface area contributed by atoms with Crippen LogP contribution in [0.1, 0.15) is 89.6 Å². The van der Waals surface area contributed by atoms with Crippen LogP contribution in [0, 0.1) is 6.92 Å². The van der Waals surface area contributed by atoms with Crippen LogP contribution in [0.3, 0.4) is 0 Å². The van der Waals surface area contributed by atoms with Gasteiger partial charge in [-0.3, -0.25) is 0 Å². The number of aryl methyl sites for hydroxylation is 1. The summed E-state index contributed by atoms with van der Waals surface area (Å²) in [6, 6.07) is 68.3. The lowest BCUT2D eigenvalue weighted by molar-refractivity contribution is 0.297. The van der Waals surface area contributed by atoms with E-state index in [1.807, 2.05) is 0 Å². The molecule has 0 N–H and O–H groups in total. The lowest BCUT2D eigenvalue weighted by Crippen LogP contribution is -2.61. The number of hydrogen-bond donors (Lipinski definition) is 0. The highest BCUT2D eigenvalue weighted by molar-refractivity contribution is 7.00. The molecule has 1 aromatic heterocycles. The predicted molar refractivity (Wildman–Crippen MR) is 322 cm³/mol. The Labute approximate surface area is 453 Å². The highest BCUT2D eigenvalue weighted by Gasteiger charge is 2.45. The molecule has 0 atom stereocenters. The monoisotopic (exact) mass is 1000 g/mol. The van der Waals surface area contributed by atoms with E-state index in [-0.39, 0.29) is 23.0 Å². The largest absolute Gasteiger partial charge is 0.490 e. The molecule has 0 unspecified atom stereocenters. The van der Waals surface area contributed by atoms with Gasteiger partial charge in [0.1, 0.15) is 11.3 Å². The third-order valence-corrected chi connectivity index (χ3v) is 16.9. The van der Waals surface area contributed by atoms with E-state index in [9.17, 15) is 0 Å².